The van der Waals surface area contributed by atoms with Gasteiger partial charge in [0.1, 0.15) is 41.2 Å². The first-order valence-electron chi connectivity index (χ1n) is 8.32. The van der Waals surface area contributed by atoms with Crippen LogP contribution >= 0.6 is 11.6 Å². The highest BCUT2D eigenvalue weighted by Crippen LogP contribution is 2.33. The molecular weight excluding hydrogens is 404 g/mol. The van der Waals surface area contributed by atoms with E-state index in [0.29, 0.717) is 0 Å². The zero-order valence-electron chi connectivity index (χ0n) is 14.9. The third-order valence-electron chi connectivity index (χ3n) is 4.16. The minimum Gasteiger partial charge on any atom is -0.360 e. The molecule has 0 unspecified atom stereocenters. The molecule has 0 fully saturated rings. The summed E-state index contributed by atoms with van der Waals surface area (Å²) in [7, 11) is 0. The van der Waals surface area contributed by atoms with Crippen LogP contribution in [0.25, 0.3) is 16.9 Å². The van der Waals surface area contributed by atoms with Gasteiger partial charge in [0.25, 0.3) is 5.91 Å². The van der Waals surface area contributed by atoms with Gasteiger partial charge in [0.2, 0.25) is 0 Å². The zero-order chi connectivity index (χ0) is 20.5. The van der Waals surface area contributed by atoms with Crippen molar-refractivity contribution in [2.24, 2.45) is 0 Å². The Morgan fingerprint density at radius 1 is 1.21 bits per heavy atom. The molecule has 2 aromatic heterocycles. The van der Waals surface area contributed by atoms with Crippen molar-refractivity contribution in [3.63, 3.8) is 0 Å². The lowest BCUT2D eigenvalue weighted by atomic mass is 10.0. The number of aryl methyl sites for hydroxylation is 1. The predicted octanol–water partition coefficient (Wildman–Crippen LogP) is 4.41. The normalized spacial score (nSPS) is 10.9. The van der Waals surface area contributed by atoms with Gasteiger partial charge in [0.15, 0.2) is 5.82 Å². The van der Waals surface area contributed by atoms with E-state index in [1.807, 2.05) is 0 Å². The summed E-state index contributed by atoms with van der Waals surface area (Å²) in [5, 5.41) is 10.3. The van der Waals surface area contributed by atoms with Crippen molar-refractivity contribution < 1.29 is 18.1 Å². The summed E-state index contributed by atoms with van der Waals surface area (Å²) in [5.74, 6) is -1.75. The minimum absolute atomic E-state index is 0.00207. The van der Waals surface area contributed by atoms with E-state index in [4.69, 9.17) is 16.1 Å². The Bertz CT molecular complexity index is 1190. The molecule has 1 amide bonds. The maximum atomic E-state index is 14.4. The zero-order valence-corrected chi connectivity index (χ0v) is 15.6. The van der Waals surface area contributed by atoms with Gasteiger partial charge in [-0.25, -0.2) is 18.4 Å². The van der Waals surface area contributed by atoms with Crippen LogP contribution in [0.4, 0.5) is 14.5 Å². The summed E-state index contributed by atoms with van der Waals surface area (Å²) >= 11 is 6.08. The first-order chi connectivity index (χ1) is 14.0. The fraction of sp³-hybridized carbons (Fsp3) is 0.0526. The molecule has 0 bridgehead atoms. The summed E-state index contributed by atoms with van der Waals surface area (Å²) in [6.07, 6.45) is 2.63. The number of carbonyl (C=O) groups is 1. The van der Waals surface area contributed by atoms with Crippen LogP contribution in [0.1, 0.15) is 16.1 Å². The molecule has 2 heterocycles. The first kappa shape index (κ1) is 18.8. The molecule has 0 radical (unpaired) electrons. The summed E-state index contributed by atoms with van der Waals surface area (Å²) in [6, 6.07) is 8.18. The quantitative estimate of drug-likeness (QED) is 0.533. The smallest absolute Gasteiger partial charge is 0.261 e. The number of hydrogen-bond donors (Lipinski definition) is 1. The summed E-state index contributed by atoms with van der Waals surface area (Å²) < 4.78 is 35.0. The highest BCUT2D eigenvalue weighted by molar-refractivity contribution is 6.33. The largest absolute Gasteiger partial charge is 0.360 e. The molecule has 0 spiro atoms. The molecule has 0 atom stereocenters. The van der Waals surface area contributed by atoms with Crippen LogP contribution in [-0.2, 0) is 0 Å². The molecule has 0 aliphatic carbocycles. The Balaban J connectivity index is 1.67. The number of nitrogens with one attached hydrogen (secondary N) is 1. The number of carbonyl (C=O) groups excluding carboxylic acids is 1. The Labute approximate surface area is 167 Å². The number of benzene rings is 2. The van der Waals surface area contributed by atoms with E-state index in [1.54, 1.807) is 0 Å². The van der Waals surface area contributed by atoms with Gasteiger partial charge in [-0.3, -0.25) is 4.79 Å². The van der Waals surface area contributed by atoms with Crippen LogP contribution in [0.15, 0.2) is 53.6 Å². The van der Waals surface area contributed by atoms with Crippen molar-refractivity contribution in [2.75, 3.05) is 5.32 Å². The lowest BCUT2D eigenvalue weighted by Gasteiger charge is -2.09. The molecule has 1 N–H and O–H groups in total. The van der Waals surface area contributed by atoms with Gasteiger partial charge in [0.05, 0.1) is 10.6 Å². The van der Waals surface area contributed by atoms with Gasteiger partial charge in [0, 0.05) is 5.69 Å². The van der Waals surface area contributed by atoms with Gasteiger partial charge in [-0.15, -0.1) is 0 Å². The van der Waals surface area contributed by atoms with Crippen molar-refractivity contribution in [1.29, 1.82) is 0 Å². The molecule has 4 aromatic rings. The number of nitrogens with zero attached hydrogens (tertiary/aromatic N) is 4. The molecule has 0 saturated heterocycles. The van der Waals surface area contributed by atoms with Crippen molar-refractivity contribution in [2.45, 2.75) is 6.92 Å². The van der Waals surface area contributed by atoms with E-state index in [-0.39, 0.29) is 39.0 Å². The Morgan fingerprint density at radius 3 is 2.72 bits per heavy atom. The number of rotatable bonds is 4. The third-order valence-corrected chi connectivity index (χ3v) is 4.48. The first-order valence-corrected chi connectivity index (χ1v) is 8.70. The number of amides is 1. The second-order valence-electron chi connectivity index (χ2n) is 6.02. The van der Waals surface area contributed by atoms with E-state index < -0.39 is 17.5 Å². The molecule has 0 saturated carbocycles. The number of anilines is 1. The second kappa shape index (κ2) is 7.44. The van der Waals surface area contributed by atoms with Crippen LogP contribution in [0.3, 0.4) is 0 Å². The topological polar surface area (TPSA) is 85.8 Å². The molecule has 146 valence electrons. The monoisotopic (exact) mass is 415 g/mol. The fourth-order valence-corrected chi connectivity index (χ4v) is 3.08. The van der Waals surface area contributed by atoms with E-state index in [1.165, 1.54) is 54.6 Å². The number of hydrogen-bond acceptors (Lipinski definition) is 5. The highest BCUT2D eigenvalue weighted by Gasteiger charge is 2.25. The van der Waals surface area contributed by atoms with Gasteiger partial charge in [-0.2, -0.15) is 5.10 Å². The van der Waals surface area contributed by atoms with Crippen LogP contribution in [0.5, 0.6) is 0 Å². The van der Waals surface area contributed by atoms with Gasteiger partial charge in [-0.05, 0) is 37.3 Å². The number of aromatic nitrogens is 4. The van der Waals surface area contributed by atoms with Gasteiger partial charge >= 0.3 is 0 Å². The molecule has 7 nitrogen and oxygen atoms in total. The Kier molecular flexibility index (Phi) is 4.81. The van der Waals surface area contributed by atoms with Crippen LogP contribution in [-0.4, -0.2) is 25.8 Å². The van der Waals surface area contributed by atoms with Crippen LogP contribution < -0.4 is 5.32 Å². The van der Waals surface area contributed by atoms with E-state index >= 15 is 0 Å². The van der Waals surface area contributed by atoms with Crippen molar-refractivity contribution in [3.8, 4) is 16.9 Å². The Hall–Kier alpha value is -3.59. The van der Waals surface area contributed by atoms with Crippen molar-refractivity contribution >= 4 is 23.2 Å². The van der Waals surface area contributed by atoms with Crippen molar-refractivity contribution in [1.82, 2.24) is 19.9 Å². The summed E-state index contributed by atoms with van der Waals surface area (Å²) in [6.45, 7) is 1.51. The van der Waals surface area contributed by atoms with Gasteiger partial charge < -0.3 is 9.84 Å². The Morgan fingerprint density at radius 2 is 2.03 bits per heavy atom. The number of halogens is 3. The molecular formula is C19H12ClF2N5O2. The van der Waals surface area contributed by atoms with Gasteiger partial charge in [-0.1, -0.05) is 22.8 Å². The average molecular weight is 416 g/mol. The molecule has 2 aromatic carbocycles. The third kappa shape index (κ3) is 3.47. The highest BCUT2D eigenvalue weighted by atomic mass is 35.5. The summed E-state index contributed by atoms with van der Waals surface area (Å²) in [5.41, 5.74) is 0.257. The van der Waals surface area contributed by atoms with E-state index in [0.717, 1.165) is 6.07 Å². The van der Waals surface area contributed by atoms with Crippen LogP contribution in [0, 0.1) is 18.6 Å². The molecule has 0 aliphatic rings. The fourth-order valence-electron chi connectivity index (χ4n) is 2.83. The molecule has 0 aliphatic heterocycles. The maximum absolute atomic E-state index is 14.4. The van der Waals surface area contributed by atoms with E-state index in [2.05, 4.69) is 20.6 Å². The molecule has 29 heavy (non-hydrogen) atoms. The molecule has 4 rings (SSSR count). The van der Waals surface area contributed by atoms with Crippen LogP contribution in [0.2, 0.25) is 5.02 Å². The average Bonchev–Trinajstić information content (AvgIpc) is 3.32. The minimum atomic E-state index is -0.650. The second-order valence-corrected chi connectivity index (χ2v) is 6.43. The maximum Gasteiger partial charge on any atom is 0.261 e. The standard InChI is InChI=1S/C19H12ClF2N5O2/c1-10-16(18(26-29-10)17-12(20)3-2-4-13(17)21)19(28)25-11-5-6-15(14(22)7-11)27-9-23-8-24-27/h2-9H,1H3,(H,25,28). The van der Waals surface area contributed by atoms with E-state index in [9.17, 15) is 13.6 Å². The predicted molar refractivity (Wildman–Crippen MR) is 101 cm³/mol. The van der Waals surface area contributed by atoms with Crippen molar-refractivity contribution in [3.05, 3.63) is 77.0 Å². The lowest BCUT2D eigenvalue weighted by molar-refractivity contribution is 0.102. The lowest BCUT2D eigenvalue weighted by Crippen LogP contribution is -2.14. The SMILES string of the molecule is Cc1onc(-c2c(F)cccc2Cl)c1C(=O)Nc1ccc(-n2cncn2)c(F)c1. The summed E-state index contributed by atoms with van der Waals surface area (Å²) in [4.78, 5) is 16.6. The molecule has 10 heteroatoms.